The summed E-state index contributed by atoms with van der Waals surface area (Å²) >= 11 is 0. The molecule has 0 radical (unpaired) electrons. The normalized spacial score (nSPS) is 15.5. The number of benzene rings is 2. The van der Waals surface area contributed by atoms with Crippen LogP contribution in [0.1, 0.15) is 60.2 Å². The smallest absolute Gasteiger partial charge is 0.338 e. The predicted octanol–water partition coefficient (Wildman–Crippen LogP) is 3.65. The number of methoxy groups -OCH3 is 1. The number of nitrogens with zero attached hydrogens (tertiary/aromatic N) is 1. The van der Waals surface area contributed by atoms with Gasteiger partial charge in [-0.25, -0.2) is 13.2 Å². The molecular weight excluding hydrogens is 472 g/mol. The van der Waals surface area contributed by atoms with E-state index in [1.54, 1.807) is 24.3 Å². The Morgan fingerprint density at radius 2 is 1.54 bits per heavy atom. The van der Waals surface area contributed by atoms with Crippen LogP contribution in [0.4, 0.5) is 5.69 Å². The Bertz CT molecular complexity index is 1180. The Labute approximate surface area is 205 Å². The summed E-state index contributed by atoms with van der Waals surface area (Å²) in [4.78, 5) is 36.5. The summed E-state index contributed by atoms with van der Waals surface area (Å²) in [6.07, 6.45) is 2.33. The van der Waals surface area contributed by atoms with Gasteiger partial charge in [-0.05, 0) is 69.2 Å². The number of Topliss-reactive ketones (excluding diaryl/α,β-unsaturated/α-hetero) is 1. The fourth-order valence-electron chi connectivity index (χ4n) is 3.74. The molecule has 2 aromatic rings. The molecule has 0 spiro atoms. The number of esters is 1. The van der Waals surface area contributed by atoms with Crippen LogP contribution in [0.3, 0.4) is 0 Å². The lowest BCUT2D eigenvalue weighted by Gasteiger charge is -2.21. The highest BCUT2D eigenvalue weighted by atomic mass is 32.2. The fraction of sp³-hybridized carbons (Fsp3) is 0.400. The van der Waals surface area contributed by atoms with Gasteiger partial charge in [0.2, 0.25) is 10.0 Å². The summed E-state index contributed by atoms with van der Waals surface area (Å²) < 4.78 is 38.6. The quantitative estimate of drug-likeness (QED) is 0.432. The second-order valence-corrected chi connectivity index (χ2v) is 10.3. The first-order valence-electron chi connectivity index (χ1n) is 11.4. The molecule has 188 valence electrons. The Morgan fingerprint density at radius 3 is 2.11 bits per heavy atom. The van der Waals surface area contributed by atoms with Gasteiger partial charge < -0.3 is 14.8 Å². The number of nitrogens with one attached hydrogen (secondary N) is 1. The number of carbonyl (C=O) groups excluding carboxylic acids is 3. The predicted molar refractivity (Wildman–Crippen MR) is 130 cm³/mol. The molecule has 0 bridgehead atoms. The highest BCUT2D eigenvalue weighted by Crippen LogP contribution is 2.29. The maximum absolute atomic E-state index is 13.3. The molecule has 9 nitrogen and oxygen atoms in total. The highest BCUT2D eigenvalue weighted by Gasteiger charge is 2.30. The molecule has 1 aliphatic heterocycles. The van der Waals surface area contributed by atoms with Gasteiger partial charge in [0.1, 0.15) is 10.6 Å². The van der Waals surface area contributed by atoms with Crippen LogP contribution in [0.2, 0.25) is 0 Å². The van der Waals surface area contributed by atoms with Crippen LogP contribution in [0, 0.1) is 0 Å². The van der Waals surface area contributed by atoms with Crippen LogP contribution in [0.5, 0.6) is 5.75 Å². The van der Waals surface area contributed by atoms with Crippen molar-refractivity contribution in [1.29, 1.82) is 0 Å². The SMILES string of the molecule is COc1ccc(C(=O)OC(C)C(=O)Nc2ccc(C(C)=O)cc2)cc1S(=O)(=O)N1CCCCCC1. The minimum Gasteiger partial charge on any atom is -0.495 e. The van der Waals surface area contributed by atoms with E-state index in [9.17, 15) is 22.8 Å². The molecule has 1 heterocycles. The molecule has 1 unspecified atom stereocenters. The van der Waals surface area contributed by atoms with Gasteiger partial charge in [0.15, 0.2) is 11.9 Å². The first-order chi connectivity index (χ1) is 16.6. The third-order valence-electron chi connectivity index (χ3n) is 5.79. The van der Waals surface area contributed by atoms with Crippen LogP contribution in [-0.2, 0) is 19.6 Å². The number of anilines is 1. The first kappa shape index (κ1) is 26.4. The lowest BCUT2D eigenvalue weighted by molar-refractivity contribution is -0.123. The molecule has 3 rings (SSSR count). The van der Waals surface area contributed by atoms with Gasteiger partial charge in [-0.2, -0.15) is 4.31 Å². The van der Waals surface area contributed by atoms with E-state index in [1.807, 2.05) is 0 Å². The molecule has 1 atom stereocenters. The number of carbonyl (C=O) groups is 3. The van der Waals surface area contributed by atoms with Crippen molar-refractivity contribution in [1.82, 2.24) is 4.31 Å². The van der Waals surface area contributed by atoms with Crippen LogP contribution in [-0.4, -0.2) is 56.7 Å². The van der Waals surface area contributed by atoms with E-state index < -0.39 is 28.0 Å². The number of ketones is 1. The van der Waals surface area contributed by atoms with E-state index in [1.165, 1.54) is 43.5 Å². The van der Waals surface area contributed by atoms with Gasteiger partial charge in [-0.3, -0.25) is 9.59 Å². The summed E-state index contributed by atoms with van der Waals surface area (Å²) in [5, 5.41) is 2.62. The molecule has 0 aliphatic carbocycles. The van der Waals surface area contributed by atoms with Gasteiger partial charge in [0.05, 0.1) is 12.7 Å². The number of hydrogen-bond acceptors (Lipinski definition) is 7. The summed E-state index contributed by atoms with van der Waals surface area (Å²) in [6, 6.07) is 10.3. The largest absolute Gasteiger partial charge is 0.495 e. The Balaban J connectivity index is 1.74. The van der Waals surface area contributed by atoms with E-state index >= 15 is 0 Å². The lowest BCUT2D eigenvalue weighted by atomic mass is 10.1. The maximum Gasteiger partial charge on any atom is 0.338 e. The van der Waals surface area contributed by atoms with Gasteiger partial charge in [-0.1, -0.05) is 12.8 Å². The molecule has 0 saturated carbocycles. The monoisotopic (exact) mass is 502 g/mol. The van der Waals surface area contributed by atoms with E-state index in [0.717, 1.165) is 25.7 Å². The Kier molecular flexibility index (Phi) is 8.63. The number of hydrogen-bond donors (Lipinski definition) is 1. The van der Waals surface area contributed by atoms with Gasteiger partial charge >= 0.3 is 5.97 Å². The van der Waals surface area contributed by atoms with Crippen molar-refractivity contribution < 1.29 is 32.3 Å². The number of sulfonamides is 1. The van der Waals surface area contributed by atoms with Crippen molar-refractivity contribution in [2.75, 3.05) is 25.5 Å². The number of ether oxygens (including phenoxy) is 2. The lowest BCUT2D eigenvalue weighted by Crippen LogP contribution is -2.32. The average Bonchev–Trinajstić information content (AvgIpc) is 3.14. The average molecular weight is 503 g/mol. The third-order valence-corrected chi connectivity index (χ3v) is 7.71. The van der Waals surface area contributed by atoms with Gasteiger partial charge in [0, 0.05) is 24.3 Å². The van der Waals surface area contributed by atoms with Crippen molar-refractivity contribution in [2.45, 2.75) is 50.5 Å². The van der Waals surface area contributed by atoms with Crippen LogP contribution >= 0.6 is 0 Å². The van der Waals surface area contributed by atoms with Crippen LogP contribution in [0.15, 0.2) is 47.4 Å². The molecule has 10 heteroatoms. The molecule has 1 N–H and O–H groups in total. The molecule has 2 aromatic carbocycles. The van der Waals surface area contributed by atoms with Gasteiger partial charge in [0.25, 0.3) is 5.91 Å². The number of amides is 1. The Morgan fingerprint density at radius 1 is 0.943 bits per heavy atom. The zero-order chi connectivity index (χ0) is 25.6. The summed E-state index contributed by atoms with van der Waals surface area (Å²) in [5.41, 5.74) is 0.941. The van der Waals surface area contributed by atoms with Crippen molar-refractivity contribution in [3.63, 3.8) is 0 Å². The zero-order valence-electron chi connectivity index (χ0n) is 20.1. The first-order valence-corrected chi connectivity index (χ1v) is 12.9. The molecule has 1 amide bonds. The van der Waals surface area contributed by atoms with Crippen LogP contribution < -0.4 is 10.1 Å². The summed E-state index contributed by atoms with van der Waals surface area (Å²) in [6.45, 7) is 3.67. The standard InChI is InChI=1S/C25H30N2O7S/c1-17(28)19-8-11-21(12-9-19)26-24(29)18(2)34-25(30)20-10-13-22(33-3)23(16-20)35(31,32)27-14-6-4-5-7-15-27/h8-13,16,18H,4-7,14-15H2,1-3H3,(H,26,29). The molecule has 1 saturated heterocycles. The fourth-order valence-corrected chi connectivity index (χ4v) is 5.44. The molecule has 1 aliphatic rings. The maximum atomic E-state index is 13.3. The second kappa shape index (κ2) is 11.5. The van der Waals surface area contributed by atoms with E-state index in [0.29, 0.717) is 24.3 Å². The van der Waals surface area contributed by atoms with E-state index in [2.05, 4.69) is 5.32 Å². The topological polar surface area (TPSA) is 119 Å². The minimum atomic E-state index is -3.88. The molecule has 0 aromatic heterocycles. The second-order valence-electron chi connectivity index (χ2n) is 8.35. The van der Waals surface area contributed by atoms with E-state index in [4.69, 9.17) is 9.47 Å². The summed E-state index contributed by atoms with van der Waals surface area (Å²) in [5.74, 6) is -1.37. The van der Waals surface area contributed by atoms with Crippen molar-refractivity contribution >= 4 is 33.4 Å². The van der Waals surface area contributed by atoms with Crippen molar-refractivity contribution in [2.24, 2.45) is 0 Å². The van der Waals surface area contributed by atoms with E-state index in [-0.39, 0.29) is 22.0 Å². The Hall–Kier alpha value is -3.24. The van der Waals surface area contributed by atoms with Crippen molar-refractivity contribution in [3.8, 4) is 5.75 Å². The van der Waals surface area contributed by atoms with Crippen molar-refractivity contribution in [3.05, 3.63) is 53.6 Å². The molecule has 1 fully saturated rings. The molecule has 35 heavy (non-hydrogen) atoms. The zero-order valence-corrected chi connectivity index (χ0v) is 20.9. The number of rotatable bonds is 8. The van der Waals surface area contributed by atoms with Crippen LogP contribution in [0.25, 0.3) is 0 Å². The summed E-state index contributed by atoms with van der Waals surface area (Å²) in [7, 11) is -2.52. The highest BCUT2D eigenvalue weighted by molar-refractivity contribution is 7.89. The minimum absolute atomic E-state index is 0.00958. The third kappa shape index (κ3) is 6.46. The van der Waals surface area contributed by atoms with Gasteiger partial charge in [-0.15, -0.1) is 0 Å². The molecular formula is C25H30N2O7S.